The van der Waals surface area contributed by atoms with Gasteiger partial charge in [0.05, 0.1) is 5.56 Å². The molecule has 1 amide bonds. The summed E-state index contributed by atoms with van der Waals surface area (Å²) in [5.41, 5.74) is 0.747. The standard InChI is InChI=1S/C14H9BrF3NOS/c15-12-7-8(16)1-6-11(12)13(20)19-9-2-4-10(5-3-9)21-14(17)18/h1-7,14H,(H,19,20). The van der Waals surface area contributed by atoms with Crippen LogP contribution in [0, 0.1) is 5.82 Å². The third kappa shape index (κ3) is 4.50. The molecule has 0 saturated carbocycles. The number of halogens is 4. The number of amides is 1. The van der Waals surface area contributed by atoms with E-state index >= 15 is 0 Å². The lowest BCUT2D eigenvalue weighted by molar-refractivity contribution is 0.102. The van der Waals surface area contributed by atoms with E-state index < -0.39 is 17.5 Å². The van der Waals surface area contributed by atoms with Gasteiger partial charge in [-0.05, 0) is 58.4 Å². The van der Waals surface area contributed by atoms with Gasteiger partial charge in [-0.1, -0.05) is 11.8 Å². The van der Waals surface area contributed by atoms with Crippen LogP contribution in [-0.4, -0.2) is 11.7 Å². The van der Waals surface area contributed by atoms with Crippen LogP contribution in [0.1, 0.15) is 10.4 Å². The lowest BCUT2D eigenvalue weighted by Gasteiger charge is -2.08. The predicted molar refractivity (Wildman–Crippen MR) is 80.4 cm³/mol. The molecule has 0 spiro atoms. The summed E-state index contributed by atoms with van der Waals surface area (Å²) in [6, 6.07) is 9.77. The molecule has 2 aromatic rings. The Kier molecular flexibility index (Phi) is 5.30. The number of carbonyl (C=O) groups excluding carboxylic acids is 1. The number of rotatable bonds is 4. The van der Waals surface area contributed by atoms with Crippen molar-refractivity contribution in [1.82, 2.24) is 0 Å². The van der Waals surface area contributed by atoms with Gasteiger partial charge in [-0.15, -0.1) is 0 Å². The van der Waals surface area contributed by atoms with Crippen LogP contribution < -0.4 is 5.32 Å². The first-order valence-electron chi connectivity index (χ1n) is 5.77. The van der Waals surface area contributed by atoms with E-state index in [0.717, 1.165) is 0 Å². The average Bonchev–Trinajstić information content (AvgIpc) is 2.40. The first-order valence-corrected chi connectivity index (χ1v) is 7.44. The average molecular weight is 376 g/mol. The van der Waals surface area contributed by atoms with Gasteiger partial charge in [-0.2, -0.15) is 8.78 Å². The van der Waals surface area contributed by atoms with Crippen molar-refractivity contribution in [3.63, 3.8) is 0 Å². The molecule has 2 aromatic carbocycles. The van der Waals surface area contributed by atoms with Gasteiger partial charge >= 0.3 is 0 Å². The van der Waals surface area contributed by atoms with Crippen LogP contribution in [-0.2, 0) is 0 Å². The van der Waals surface area contributed by atoms with Crippen molar-refractivity contribution >= 4 is 39.3 Å². The number of carbonyl (C=O) groups is 1. The van der Waals surface area contributed by atoms with Crippen LogP contribution in [0.3, 0.4) is 0 Å². The van der Waals surface area contributed by atoms with Crippen LogP contribution in [0.2, 0.25) is 0 Å². The fourth-order valence-corrected chi connectivity index (χ4v) is 2.62. The second kappa shape index (κ2) is 7.00. The zero-order valence-corrected chi connectivity index (χ0v) is 12.8. The van der Waals surface area contributed by atoms with Crippen LogP contribution in [0.5, 0.6) is 0 Å². The summed E-state index contributed by atoms with van der Waals surface area (Å²) in [6.45, 7) is 0. The minimum absolute atomic E-state index is 0.280. The van der Waals surface area contributed by atoms with E-state index in [1.807, 2.05) is 0 Å². The molecule has 0 radical (unpaired) electrons. The number of thioether (sulfide) groups is 1. The molecule has 0 heterocycles. The van der Waals surface area contributed by atoms with E-state index in [1.54, 1.807) is 0 Å². The Balaban J connectivity index is 2.08. The summed E-state index contributed by atoms with van der Waals surface area (Å²) in [5, 5.41) is 2.61. The largest absolute Gasteiger partial charge is 0.322 e. The summed E-state index contributed by atoms with van der Waals surface area (Å²) < 4.78 is 37.7. The van der Waals surface area contributed by atoms with Crippen molar-refractivity contribution in [2.45, 2.75) is 10.7 Å². The summed E-state index contributed by atoms with van der Waals surface area (Å²) in [4.78, 5) is 12.4. The van der Waals surface area contributed by atoms with E-state index in [1.165, 1.54) is 42.5 Å². The zero-order valence-electron chi connectivity index (χ0n) is 10.4. The number of nitrogens with one attached hydrogen (secondary N) is 1. The Morgan fingerprint density at radius 3 is 2.38 bits per heavy atom. The minimum Gasteiger partial charge on any atom is -0.322 e. The Morgan fingerprint density at radius 2 is 1.81 bits per heavy atom. The maximum absolute atomic E-state index is 13.0. The summed E-state index contributed by atoms with van der Waals surface area (Å²) in [7, 11) is 0. The number of alkyl halides is 2. The Hall–Kier alpha value is -1.47. The second-order valence-electron chi connectivity index (χ2n) is 3.98. The molecular weight excluding hydrogens is 367 g/mol. The monoisotopic (exact) mass is 375 g/mol. The van der Waals surface area contributed by atoms with Gasteiger partial charge in [0.1, 0.15) is 5.82 Å². The highest BCUT2D eigenvalue weighted by Crippen LogP contribution is 2.26. The quantitative estimate of drug-likeness (QED) is 0.748. The van der Waals surface area contributed by atoms with Crippen molar-refractivity contribution in [3.05, 3.63) is 58.3 Å². The SMILES string of the molecule is O=C(Nc1ccc(SC(F)F)cc1)c1ccc(F)cc1Br. The van der Waals surface area contributed by atoms with Gasteiger partial charge in [0.25, 0.3) is 11.7 Å². The molecule has 110 valence electrons. The van der Waals surface area contributed by atoms with Crippen molar-refractivity contribution < 1.29 is 18.0 Å². The van der Waals surface area contributed by atoms with Gasteiger partial charge < -0.3 is 5.32 Å². The molecule has 0 aliphatic heterocycles. The molecule has 21 heavy (non-hydrogen) atoms. The van der Waals surface area contributed by atoms with Gasteiger partial charge in [0, 0.05) is 15.1 Å². The van der Waals surface area contributed by atoms with Crippen LogP contribution in [0.25, 0.3) is 0 Å². The molecule has 0 unspecified atom stereocenters. The third-order valence-electron chi connectivity index (χ3n) is 2.51. The Bertz CT molecular complexity index is 649. The fraction of sp³-hybridized carbons (Fsp3) is 0.0714. The molecular formula is C14H9BrF3NOS. The van der Waals surface area contributed by atoms with Crippen LogP contribution in [0.15, 0.2) is 51.8 Å². The van der Waals surface area contributed by atoms with Crippen LogP contribution in [0.4, 0.5) is 18.9 Å². The number of anilines is 1. The van der Waals surface area contributed by atoms with Gasteiger partial charge in [-0.3, -0.25) is 4.79 Å². The van der Waals surface area contributed by atoms with Crippen molar-refractivity contribution in [1.29, 1.82) is 0 Å². The van der Waals surface area contributed by atoms with E-state index in [0.29, 0.717) is 26.8 Å². The van der Waals surface area contributed by atoms with Gasteiger partial charge in [-0.25, -0.2) is 4.39 Å². The molecule has 1 N–H and O–H groups in total. The normalized spacial score (nSPS) is 10.7. The smallest absolute Gasteiger partial charge is 0.288 e. The fourth-order valence-electron chi connectivity index (χ4n) is 1.59. The molecule has 0 aliphatic carbocycles. The number of hydrogen-bond acceptors (Lipinski definition) is 2. The lowest BCUT2D eigenvalue weighted by atomic mass is 10.2. The number of hydrogen-bond donors (Lipinski definition) is 1. The van der Waals surface area contributed by atoms with E-state index in [4.69, 9.17) is 0 Å². The lowest BCUT2D eigenvalue weighted by Crippen LogP contribution is -2.12. The van der Waals surface area contributed by atoms with Gasteiger partial charge in [0.15, 0.2) is 0 Å². The molecule has 0 atom stereocenters. The maximum atomic E-state index is 13.0. The third-order valence-corrected chi connectivity index (χ3v) is 3.89. The molecule has 0 bridgehead atoms. The van der Waals surface area contributed by atoms with E-state index in [2.05, 4.69) is 21.2 Å². The summed E-state index contributed by atoms with van der Waals surface area (Å²) in [6.07, 6.45) is 0. The van der Waals surface area contributed by atoms with E-state index in [-0.39, 0.29) is 5.56 Å². The van der Waals surface area contributed by atoms with Crippen molar-refractivity contribution in [3.8, 4) is 0 Å². The highest BCUT2D eigenvalue weighted by Gasteiger charge is 2.11. The predicted octanol–water partition coefficient (Wildman–Crippen LogP) is 5.16. The Morgan fingerprint density at radius 1 is 1.14 bits per heavy atom. The molecule has 2 rings (SSSR count). The highest BCUT2D eigenvalue weighted by atomic mass is 79.9. The maximum Gasteiger partial charge on any atom is 0.288 e. The first kappa shape index (κ1) is 15.9. The van der Waals surface area contributed by atoms with Crippen LogP contribution >= 0.6 is 27.7 Å². The van der Waals surface area contributed by atoms with Crippen molar-refractivity contribution in [2.75, 3.05) is 5.32 Å². The molecule has 7 heteroatoms. The Labute approximate surface area is 131 Å². The highest BCUT2D eigenvalue weighted by molar-refractivity contribution is 9.10. The summed E-state index contributed by atoms with van der Waals surface area (Å²) >= 11 is 3.54. The molecule has 2 nitrogen and oxygen atoms in total. The molecule has 0 aliphatic rings. The molecule has 0 fully saturated rings. The first-order chi connectivity index (χ1) is 9.95. The van der Waals surface area contributed by atoms with E-state index in [9.17, 15) is 18.0 Å². The topological polar surface area (TPSA) is 29.1 Å². The van der Waals surface area contributed by atoms with Gasteiger partial charge in [0.2, 0.25) is 0 Å². The number of benzene rings is 2. The zero-order chi connectivity index (χ0) is 15.4. The summed E-state index contributed by atoms with van der Waals surface area (Å²) in [5.74, 6) is -3.36. The minimum atomic E-state index is -2.49. The molecule has 0 saturated heterocycles. The van der Waals surface area contributed by atoms with Crippen molar-refractivity contribution in [2.24, 2.45) is 0 Å². The second-order valence-corrected chi connectivity index (χ2v) is 5.90. The molecule has 0 aromatic heterocycles.